The first kappa shape index (κ1) is 25.3. The number of aromatic nitrogens is 7. The number of H-pyrrole nitrogens is 2. The molecule has 1 amide bonds. The highest BCUT2D eigenvalue weighted by Crippen LogP contribution is 2.31. The average Bonchev–Trinajstić information content (AvgIpc) is 3.50. The summed E-state index contributed by atoms with van der Waals surface area (Å²) in [5.74, 6) is 0.112. The molecule has 6 aromatic rings. The number of fused-ring (bicyclic) bond motifs is 2. The highest BCUT2D eigenvalue weighted by Gasteiger charge is 2.19. The lowest BCUT2D eigenvalue weighted by molar-refractivity contribution is -0.117. The molecule has 40 heavy (non-hydrogen) atoms. The summed E-state index contributed by atoms with van der Waals surface area (Å²) in [6, 6.07) is 12.2. The molecule has 9 nitrogen and oxygen atoms in total. The number of rotatable bonds is 5. The van der Waals surface area contributed by atoms with Crippen LogP contribution in [0.5, 0.6) is 0 Å². The Kier molecular flexibility index (Phi) is 6.10. The van der Waals surface area contributed by atoms with E-state index in [4.69, 9.17) is 9.97 Å². The van der Waals surface area contributed by atoms with Gasteiger partial charge in [0.2, 0.25) is 5.91 Å². The van der Waals surface area contributed by atoms with Gasteiger partial charge in [0.25, 0.3) is 0 Å². The van der Waals surface area contributed by atoms with Gasteiger partial charge in [0.15, 0.2) is 11.5 Å². The topological polar surface area (TPSA) is 125 Å². The second kappa shape index (κ2) is 9.64. The lowest BCUT2D eigenvalue weighted by atomic mass is 9.92. The molecule has 0 aliphatic carbocycles. The van der Waals surface area contributed by atoms with Gasteiger partial charge in [-0.05, 0) is 60.4 Å². The number of hydrogen-bond acceptors (Lipinski definition) is 6. The van der Waals surface area contributed by atoms with Crippen LogP contribution >= 0.6 is 0 Å². The lowest BCUT2D eigenvalue weighted by Crippen LogP contribution is -2.19. The first-order valence-electron chi connectivity index (χ1n) is 12.9. The van der Waals surface area contributed by atoms with Crippen molar-refractivity contribution in [3.05, 3.63) is 72.4 Å². The van der Waals surface area contributed by atoms with Crippen LogP contribution in [0.2, 0.25) is 0 Å². The van der Waals surface area contributed by atoms with Gasteiger partial charge in [-0.15, -0.1) is 0 Å². The Morgan fingerprint density at radius 3 is 2.58 bits per heavy atom. The van der Waals surface area contributed by atoms with Crippen LogP contribution in [0.25, 0.3) is 56.1 Å². The van der Waals surface area contributed by atoms with E-state index in [0.29, 0.717) is 51.6 Å². The Balaban J connectivity index is 1.37. The van der Waals surface area contributed by atoms with Crippen molar-refractivity contribution in [1.29, 1.82) is 0 Å². The summed E-state index contributed by atoms with van der Waals surface area (Å²) in [4.78, 5) is 34.2. The number of carbonyl (C=O) groups is 1. The van der Waals surface area contributed by atoms with E-state index in [-0.39, 0.29) is 17.1 Å². The number of anilines is 1. The molecule has 3 N–H and O–H groups in total. The molecule has 0 radical (unpaired) electrons. The Labute approximate surface area is 229 Å². The van der Waals surface area contributed by atoms with E-state index >= 15 is 0 Å². The third-order valence-electron chi connectivity index (χ3n) is 6.36. The van der Waals surface area contributed by atoms with E-state index in [1.165, 1.54) is 12.1 Å². The smallest absolute Gasteiger partial charge is 0.224 e. The van der Waals surface area contributed by atoms with Crippen LogP contribution in [0.1, 0.15) is 32.8 Å². The van der Waals surface area contributed by atoms with Crippen molar-refractivity contribution in [2.45, 2.75) is 34.1 Å². The van der Waals surface area contributed by atoms with Gasteiger partial charge in [0.1, 0.15) is 16.9 Å². The highest BCUT2D eigenvalue weighted by atomic mass is 19.1. The number of benzene rings is 1. The largest absolute Gasteiger partial charge is 0.336 e. The fourth-order valence-electron chi connectivity index (χ4n) is 4.69. The van der Waals surface area contributed by atoms with Gasteiger partial charge < -0.3 is 10.3 Å². The molecule has 5 heterocycles. The number of carbonyl (C=O) groups excluding carboxylic acids is 1. The van der Waals surface area contributed by atoms with Crippen molar-refractivity contribution < 1.29 is 9.18 Å². The van der Waals surface area contributed by atoms with Crippen LogP contribution < -0.4 is 5.32 Å². The van der Waals surface area contributed by atoms with Crippen molar-refractivity contribution in [2.75, 3.05) is 5.32 Å². The fourth-order valence-corrected chi connectivity index (χ4v) is 4.69. The Hall–Kier alpha value is -4.99. The second-order valence-electron chi connectivity index (χ2n) is 11.1. The molecular formula is C30H27FN8O. The van der Waals surface area contributed by atoms with E-state index in [1.807, 2.05) is 58.0 Å². The van der Waals surface area contributed by atoms with Crippen molar-refractivity contribution in [2.24, 2.45) is 5.41 Å². The molecule has 6 rings (SSSR count). The van der Waals surface area contributed by atoms with E-state index < -0.39 is 0 Å². The summed E-state index contributed by atoms with van der Waals surface area (Å²) in [5.41, 5.74) is 7.18. The summed E-state index contributed by atoms with van der Waals surface area (Å²) in [7, 11) is 0. The normalized spacial score (nSPS) is 11.8. The summed E-state index contributed by atoms with van der Waals surface area (Å²) >= 11 is 0. The minimum absolute atomic E-state index is 0.0703. The summed E-state index contributed by atoms with van der Waals surface area (Å²) in [5, 5.41) is 10.4. The predicted molar refractivity (Wildman–Crippen MR) is 153 cm³/mol. The van der Waals surface area contributed by atoms with Crippen LogP contribution in [0, 0.1) is 18.2 Å². The van der Waals surface area contributed by atoms with Crippen LogP contribution in [0.3, 0.4) is 0 Å². The molecule has 0 fully saturated rings. The molecule has 10 heteroatoms. The number of pyridine rings is 3. The van der Waals surface area contributed by atoms with Gasteiger partial charge in [-0.1, -0.05) is 20.8 Å². The van der Waals surface area contributed by atoms with Crippen molar-refractivity contribution in [1.82, 2.24) is 35.1 Å². The molecule has 0 saturated heterocycles. The minimum atomic E-state index is -0.327. The lowest BCUT2D eigenvalue weighted by Gasteiger charge is -2.17. The van der Waals surface area contributed by atoms with Gasteiger partial charge in [-0.2, -0.15) is 5.10 Å². The molecule has 200 valence electrons. The van der Waals surface area contributed by atoms with Gasteiger partial charge in [0.05, 0.1) is 34.3 Å². The van der Waals surface area contributed by atoms with Gasteiger partial charge >= 0.3 is 0 Å². The van der Waals surface area contributed by atoms with E-state index in [1.54, 1.807) is 18.6 Å². The van der Waals surface area contributed by atoms with Crippen LogP contribution in [0.15, 0.2) is 61.1 Å². The molecule has 0 atom stereocenters. The van der Waals surface area contributed by atoms with Gasteiger partial charge in [-0.25, -0.2) is 14.4 Å². The van der Waals surface area contributed by atoms with Crippen molar-refractivity contribution >= 4 is 33.7 Å². The molecule has 0 aliphatic rings. The van der Waals surface area contributed by atoms with Crippen LogP contribution in [-0.2, 0) is 4.79 Å². The number of nitrogens with one attached hydrogen (secondary N) is 3. The van der Waals surface area contributed by atoms with Crippen molar-refractivity contribution in [3.63, 3.8) is 0 Å². The van der Waals surface area contributed by atoms with E-state index in [2.05, 4.69) is 30.5 Å². The quantitative estimate of drug-likeness (QED) is 0.233. The number of aryl methyl sites for hydroxylation is 1. The zero-order valence-electron chi connectivity index (χ0n) is 22.5. The second-order valence-corrected chi connectivity index (χ2v) is 11.1. The number of hydrogen-bond donors (Lipinski definition) is 3. The van der Waals surface area contributed by atoms with Gasteiger partial charge in [0, 0.05) is 29.9 Å². The Morgan fingerprint density at radius 1 is 0.950 bits per heavy atom. The SMILES string of the molecule is Cc1cc(F)cc(-c2nccc3[nH]c(-c4n[nH]c5ccc(-c6cncc(NC(=O)CC(C)(C)C)c6)nc45)nc23)c1. The fraction of sp³-hybridized carbons (Fsp3) is 0.200. The van der Waals surface area contributed by atoms with Crippen LogP contribution in [-0.4, -0.2) is 41.0 Å². The molecular weight excluding hydrogens is 507 g/mol. The average molecular weight is 535 g/mol. The standard InChI is InChI=1S/C30H27FN8O/c1-16-9-17(11-19(31)10-16)25-26-22(7-8-33-25)36-29(37-26)28-27-23(38-39-28)6-5-21(35-27)18-12-20(15-32-14-18)34-24(40)13-30(2,3)4/h5-12,14-15H,13H2,1-4H3,(H,34,40)(H,36,37)(H,38,39). The first-order valence-corrected chi connectivity index (χ1v) is 12.9. The first-order chi connectivity index (χ1) is 19.1. The van der Waals surface area contributed by atoms with Crippen molar-refractivity contribution in [3.8, 4) is 34.0 Å². The van der Waals surface area contributed by atoms with Gasteiger partial charge in [-0.3, -0.25) is 19.9 Å². The maximum atomic E-state index is 14.1. The molecule has 0 bridgehead atoms. The van der Waals surface area contributed by atoms with Crippen LogP contribution in [0.4, 0.5) is 10.1 Å². The molecule has 0 saturated carbocycles. The third-order valence-corrected chi connectivity index (χ3v) is 6.36. The Morgan fingerprint density at radius 2 is 1.77 bits per heavy atom. The van der Waals surface area contributed by atoms with E-state index in [9.17, 15) is 9.18 Å². The number of amides is 1. The summed E-state index contributed by atoms with van der Waals surface area (Å²) in [6.45, 7) is 7.90. The highest BCUT2D eigenvalue weighted by molar-refractivity contribution is 5.95. The third kappa shape index (κ3) is 5.03. The molecule has 0 unspecified atom stereocenters. The number of nitrogens with zero attached hydrogens (tertiary/aromatic N) is 5. The number of aromatic amines is 2. The predicted octanol–water partition coefficient (Wildman–Crippen LogP) is 6.45. The maximum Gasteiger partial charge on any atom is 0.224 e. The van der Waals surface area contributed by atoms with E-state index in [0.717, 1.165) is 22.2 Å². The monoisotopic (exact) mass is 534 g/mol. The summed E-state index contributed by atoms with van der Waals surface area (Å²) in [6.07, 6.45) is 5.38. The zero-order valence-corrected chi connectivity index (χ0v) is 22.5. The zero-order chi connectivity index (χ0) is 28.0. The molecule has 1 aromatic carbocycles. The maximum absolute atomic E-state index is 14.1. The molecule has 0 aliphatic heterocycles. The number of imidazole rings is 1. The number of halogens is 1. The molecule has 5 aromatic heterocycles. The Bertz CT molecular complexity index is 1880. The minimum Gasteiger partial charge on any atom is -0.336 e. The summed E-state index contributed by atoms with van der Waals surface area (Å²) < 4.78 is 14.1. The molecule has 0 spiro atoms.